The lowest BCUT2D eigenvalue weighted by molar-refractivity contribution is -0.129. The number of aliphatic hydroxyl groups excluding tert-OH is 1. The van der Waals surface area contributed by atoms with Gasteiger partial charge in [0.25, 0.3) is 0 Å². The van der Waals surface area contributed by atoms with E-state index in [9.17, 15) is 9.90 Å². The third kappa shape index (κ3) is 6.11. The molecule has 3 heteroatoms. The summed E-state index contributed by atoms with van der Waals surface area (Å²) < 4.78 is 0. The quantitative estimate of drug-likeness (QED) is 0.625. The van der Waals surface area contributed by atoms with Crippen molar-refractivity contribution in [3.8, 4) is 0 Å². The molecule has 0 aromatic heterocycles. The SMILES string of the molecule is CC(C)CCCCCC(O)C(=O)NC1CC1. The summed E-state index contributed by atoms with van der Waals surface area (Å²) in [6.45, 7) is 4.44. The lowest BCUT2D eigenvalue weighted by Crippen LogP contribution is -2.35. The molecule has 0 saturated heterocycles. The van der Waals surface area contributed by atoms with Crippen LogP contribution in [0.15, 0.2) is 0 Å². The Kier molecular flexibility index (Phi) is 5.81. The smallest absolute Gasteiger partial charge is 0.249 e. The highest BCUT2D eigenvalue weighted by Gasteiger charge is 2.25. The van der Waals surface area contributed by atoms with E-state index in [2.05, 4.69) is 19.2 Å². The molecule has 2 N–H and O–H groups in total. The highest BCUT2D eigenvalue weighted by atomic mass is 16.3. The maximum atomic E-state index is 11.4. The van der Waals surface area contributed by atoms with Gasteiger partial charge in [-0.2, -0.15) is 0 Å². The number of hydrogen-bond donors (Lipinski definition) is 2. The Morgan fingerprint density at radius 3 is 2.44 bits per heavy atom. The van der Waals surface area contributed by atoms with Gasteiger partial charge >= 0.3 is 0 Å². The van der Waals surface area contributed by atoms with Gasteiger partial charge in [0, 0.05) is 6.04 Å². The molecule has 0 radical (unpaired) electrons. The van der Waals surface area contributed by atoms with Crippen LogP contribution >= 0.6 is 0 Å². The molecule has 0 aliphatic heterocycles. The lowest BCUT2D eigenvalue weighted by Gasteiger charge is -2.10. The minimum Gasteiger partial charge on any atom is -0.383 e. The van der Waals surface area contributed by atoms with Crippen molar-refractivity contribution in [2.75, 3.05) is 0 Å². The monoisotopic (exact) mass is 227 g/mol. The normalized spacial score (nSPS) is 17.5. The van der Waals surface area contributed by atoms with Crippen LogP contribution in [0.4, 0.5) is 0 Å². The Morgan fingerprint density at radius 2 is 1.88 bits per heavy atom. The largest absolute Gasteiger partial charge is 0.383 e. The summed E-state index contributed by atoms with van der Waals surface area (Å²) in [5.41, 5.74) is 0. The van der Waals surface area contributed by atoms with E-state index in [1.165, 1.54) is 12.8 Å². The number of carbonyl (C=O) groups is 1. The Balaban J connectivity index is 1.96. The highest BCUT2D eigenvalue weighted by Crippen LogP contribution is 2.19. The first-order valence-electron chi connectivity index (χ1n) is 6.58. The average Bonchev–Trinajstić information content (AvgIpc) is 3.00. The van der Waals surface area contributed by atoms with Crippen LogP contribution in [-0.2, 0) is 4.79 Å². The van der Waals surface area contributed by atoms with Crippen LogP contribution in [0.1, 0.15) is 58.8 Å². The molecule has 0 aromatic carbocycles. The lowest BCUT2D eigenvalue weighted by atomic mass is 10.0. The molecule has 0 spiro atoms. The van der Waals surface area contributed by atoms with E-state index < -0.39 is 6.10 Å². The highest BCUT2D eigenvalue weighted by molar-refractivity contribution is 5.80. The molecular weight excluding hydrogens is 202 g/mol. The molecule has 1 rings (SSSR count). The summed E-state index contributed by atoms with van der Waals surface area (Å²) in [5.74, 6) is 0.578. The molecule has 0 aromatic rings. The third-order valence-electron chi connectivity index (χ3n) is 2.99. The topological polar surface area (TPSA) is 49.3 Å². The molecule has 1 aliphatic carbocycles. The molecule has 3 nitrogen and oxygen atoms in total. The fourth-order valence-electron chi connectivity index (χ4n) is 1.72. The third-order valence-corrected chi connectivity index (χ3v) is 2.99. The first kappa shape index (κ1) is 13.5. The van der Waals surface area contributed by atoms with Gasteiger partial charge in [-0.3, -0.25) is 4.79 Å². The van der Waals surface area contributed by atoms with Crippen molar-refractivity contribution in [3.05, 3.63) is 0 Å². The molecule has 16 heavy (non-hydrogen) atoms. The molecule has 1 aliphatic rings. The number of amides is 1. The number of carbonyl (C=O) groups excluding carboxylic acids is 1. The van der Waals surface area contributed by atoms with Gasteiger partial charge in [0.1, 0.15) is 6.10 Å². The van der Waals surface area contributed by atoms with Crippen LogP contribution in [0.3, 0.4) is 0 Å². The van der Waals surface area contributed by atoms with Gasteiger partial charge in [0.05, 0.1) is 0 Å². The molecule has 94 valence electrons. The molecule has 0 bridgehead atoms. The number of unbranched alkanes of at least 4 members (excludes halogenated alkanes) is 2. The fourth-order valence-corrected chi connectivity index (χ4v) is 1.72. The molecule has 1 atom stereocenters. The Labute approximate surface area is 98.6 Å². The van der Waals surface area contributed by atoms with Crippen molar-refractivity contribution in [1.82, 2.24) is 5.32 Å². The second-order valence-electron chi connectivity index (χ2n) is 5.33. The number of nitrogens with one attached hydrogen (secondary N) is 1. The predicted molar refractivity (Wildman–Crippen MR) is 65.1 cm³/mol. The summed E-state index contributed by atoms with van der Waals surface area (Å²) in [6.07, 6.45) is 6.48. The van der Waals surface area contributed by atoms with Crippen LogP contribution in [0.25, 0.3) is 0 Å². The first-order valence-corrected chi connectivity index (χ1v) is 6.58. The number of hydrogen-bond acceptors (Lipinski definition) is 2. The van der Waals surface area contributed by atoms with Crippen molar-refractivity contribution in [2.45, 2.75) is 70.9 Å². The van der Waals surface area contributed by atoms with Gasteiger partial charge in [-0.05, 0) is 25.2 Å². The van der Waals surface area contributed by atoms with E-state index in [1.54, 1.807) is 0 Å². The zero-order chi connectivity index (χ0) is 12.0. The van der Waals surface area contributed by atoms with Crippen molar-refractivity contribution in [1.29, 1.82) is 0 Å². The van der Waals surface area contributed by atoms with E-state index >= 15 is 0 Å². The average molecular weight is 227 g/mol. The summed E-state index contributed by atoms with van der Waals surface area (Å²) in [6, 6.07) is 0.350. The van der Waals surface area contributed by atoms with Crippen LogP contribution in [0.5, 0.6) is 0 Å². The first-order chi connectivity index (χ1) is 7.59. The molecule has 1 saturated carbocycles. The Hall–Kier alpha value is -0.570. The predicted octanol–water partition coefficient (Wildman–Crippen LogP) is 2.23. The zero-order valence-corrected chi connectivity index (χ0v) is 10.5. The van der Waals surface area contributed by atoms with E-state index in [0.29, 0.717) is 12.5 Å². The van der Waals surface area contributed by atoms with Gasteiger partial charge in [0.2, 0.25) is 5.91 Å². The molecule has 1 unspecified atom stereocenters. The van der Waals surface area contributed by atoms with Crippen molar-refractivity contribution < 1.29 is 9.90 Å². The van der Waals surface area contributed by atoms with Crippen LogP contribution in [0, 0.1) is 5.92 Å². The summed E-state index contributed by atoms with van der Waals surface area (Å²) >= 11 is 0. The summed E-state index contributed by atoms with van der Waals surface area (Å²) in [5, 5.41) is 12.4. The van der Waals surface area contributed by atoms with E-state index in [1.807, 2.05) is 0 Å². The summed E-state index contributed by atoms with van der Waals surface area (Å²) in [7, 11) is 0. The van der Waals surface area contributed by atoms with Crippen molar-refractivity contribution in [2.24, 2.45) is 5.92 Å². The Bertz CT molecular complexity index is 212. The van der Waals surface area contributed by atoms with Crippen molar-refractivity contribution >= 4 is 5.91 Å². The van der Waals surface area contributed by atoms with Gasteiger partial charge in [-0.25, -0.2) is 0 Å². The van der Waals surface area contributed by atoms with Crippen LogP contribution < -0.4 is 5.32 Å². The second kappa shape index (κ2) is 6.89. The van der Waals surface area contributed by atoms with Crippen molar-refractivity contribution in [3.63, 3.8) is 0 Å². The number of aliphatic hydroxyl groups is 1. The van der Waals surface area contributed by atoms with Gasteiger partial charge in [0.15, 0.2) is 0 Å². The van der Waals surface area contributed by atoms with E-state index in [0.717, 1.165) is 31.6 Å². The molecular formula is C13H25NO2. The molecule has 1 amide bonds. The number of rotatable bonds is 8. The van der Waals surface area contributed by atoms with Gasteiger partial charge in [-0.1, -0.05) is 39.5 Å². The maximum absolute atomic E-state index is 11.4. The zero-order valence-electron chi connectivity index (χ0n) is 10.5. The molecule has 0 heterocycles. The standard InChI is InChI=1S/C13H25NO2/c1-10(2)6-4-3-5-7-12(15)13(16)14-11-8-9-11/h10-12,15H,3-9H2,1-2H3,(H,14,16). The van der Waals surface area contributed by atoms with Crippen LogP contribution in [-0.4, -0.2) is 23.2 Å². The van der Waals surface area contributed by atoms with E-state index in [4.69, 9.17) is 0 Å². The van der Waals surface area contributed by atoms with Gasteiger partial charge < -0.3 is 10.4 Å². The minimum absolute atomic E-state index is 0.175. The second-order valence-corrected chi connectivity index (χ2v) is 5.33. The molecule has 1 fully saturated rings. The minimum atomic E-state index is -0.792. The maximum Gasteiger partial charge on any atom is 0.249 e. The van der Waals surface area contributed by atoms with Crippen LogP contribution in [0.2, 0.25) is 0 Å². The summed E-state index contributed by atoms with van der Waals surface area (Å²) in [4.78, 5) is 11.4. The van der Waals surface area contributed by atoms with E-state index in [-0.39, 0.29) is 5.91 Å². The Morgan fingerprint density at radius 1 is 1.25 bits per heavy atom. The fraction of sp³-hybridized carbons (Fsp3) is 0.923. The van der Waals surface area contributed by atoms with Gasteiger partial charge in [-0.15, -0.1) is 0 Å².